The molecule has 58 heavy (non-hydrogen) atoms. The highest BCUT2D eigenvalue weighted by atomic mass is 35.5. The summed E-state index contributed by atoms with van der Waals surface area (Å²) in [6.07, 6.45) is 6.18. The molecule has 2 fully saturated rings. The smallest absolute Gasteiger partial charge is 0.295 e. The molecule has 2 atom stereocenters. The lowest BCUT2D eigenvalue weighted by molar-refractivity contribution is -0.130. The lowest BCUT2D eigenvalue weighted by atomic mass is 10.1. The minimum absolute atomic E-state index is 0.0597. The van der Waals surface area contributed by atoms with Crippen LogP contribution in [0.25, 0.3) is 21.8 Å². The fourth-order valence-corrected chi connectivity index (χ4v) is 7.71. The third-order valence-corrected chi connectivity index (χ3v) is 10.9. The van der Waals surface area contributed by atoms with Crippen LogP contribution in [0.3, 0.4) is 0 Å². The maximum Gasteiger partial charge on any atom is 0.295 e. The Bertz CT molecular complexity index is 2360. The first kappa shape index (κ1) is 39.6. The number of Topliss-reactive ketones (excluding diaryl/α,β-unsaturated/α-hetero) is 2. The number of ketones is 2. The summed E-state index contributed by atoms with van der Waals surface area (Å²) in [5.74, 6) is -2.41. The van der Waals surface area contributed by atoms with E-state index in [1.54, 1.807) is 63.5 Å². The van der Waals surface area contributed by atoms with E-state index in [9.17, 15) is 28.8 Å². The molecule has 6 aromatic rings. The Morgan fingerprint density at radius 1 is 0.603 bits per heavy atom. The van der Waals surface area contributed by atoms with Crippen LogP contribution in [0.2, 0.25) is 5.15 Å². The number of carbonyl (C=O) groups excluding carboxylic acids is 6. The van der Waals surface area contributed by atoms with E-state index in [4.69, 9.17) is 11.6 Å². The fourth-order valence-electron chi connectivity index (χ4n) is 7.50. The number of hydrogen-bond donors (Lipinski definition) is 2. The molecule has 2 saturated heterocycles. The van der Waals surface area contributed by atoms with Crippen LogP contribution in [0.1, 0.15) is 61.0 Å². The van der Waals surface area contributed by atoms with E-state index in [2.05, 4.69) is 19.9 Å². The van der Waals surface area contributed by atoms with Crippen molar-refractivity contribution < 1.29 is 28.8 Å². The fraction of sp³-hybridized carbons (Fsp3) is 0.256. The molecule has 14 nitrogen and oxygen atoms in total. The van der Waals surface area contributed by atoms with E-state index >= 15 is 0 Å². The van der Waals surface area contributed by atoms with E-state index in [1.165, 1.54) is 17.3 Å². The summed E-state index contributed by atoms with van der Waals surface area (Å²) in [6.45, 7) is 7.71. The Hall–Kier alpha value is -6.67. The molecule has 2 aliphatic heterocycles. The summed E-state index contributed by atoms with van der Waals surface area (Å²) >= 11 is 6.04. The Morgan fingerprint density at radius 3 is 1.50 bits per heavy atom. The third-order valence-electron chi connectivity index (χ3n) is 10.6. The minimum atomic E-state index is -0.604. The number of aromatic amines is 2. The topological polar surface area (TPSA) is 173 Å². The zero-order chi connectivity index (χ0) is 41.1. The van der Waals surface area contributed by atoms with Crippen LogP contribution < -0.4 is 0 Å². The van der Waals surface area contributed by atoms with Crippen molar-refractivity contribution in [2.24, 2.45) is 0 Å². The van der Waals surface area contributed by atoms with Crippen LogP contribution in [0.15, 0.2) is 97.6 Å². The second-order valence-electron chi connectivity index (χ2n) is 14.3. The number of halogens is 1. The monoisotopic (exact) mass is 800 g/mol. The van der Waals surface area contributed by atoms with Crippen LogP contribution in [0, 0.1) is 6.92 Å². The molecular weight excluding hydrogens is 760 g/mol. The highest BCUT2D eigenvalue weighted by Gasteiger charge is 2.36. The average Bonchev–Trinajstić information content (AvgIpc) is 3.89. The van der Waals surface area contributed by atoms with Gasteiger partial charge >= 0.3 is 0 Å². The minimum Gasteiger partial charge on any atom is -0.359 e. The molecule has 4 amide bonds. The van der Waals surface area contributed by atoms with Gasteiger partial charge in [0.05, 0.1) is 27.9 Å². The number of H-pyrrole nitrogens is 2. The number of benzene rings is 2. The number of piperazine rings is 2. The van der Waals surface area contributed by atoms with E-state index in [0.29, 0.717) is 72.2 Å². The van der Waals surface area contributed by atoms with Crippen molar-refractivity contribution in [1.82, 2.24) is 39.5 Å². The van der Waals surface area contributed by atoms with E-state index in [1.807, 2.05) is 57.2 Å². The lowest BCUT2D eigenvalue weighted by Gasteiger charge is -2.39. The van der Waals surface area contributed by atoms with Gasteiger partial charge in [-0.1, -0.05) is 48.0 Å². The molecule has 8 rings (SSSR count). The van der Waals surface area contributed by atoms with E-state index in [0.717, 1.165) is 11.2 Å². The maximum absolute atomic E-state index is 12.9. The van der Waals surface area contributed by atoms with Gasteiger partial charge in [0.25, 0.3) is 35.2 Å². The number of carbonyl (C=O) groups is 6. The second-order valence-corrected chi connectivity index (χ2v) is 14.7. The number of amides is 4. The second kappa shape index (κ2) is 16.8. The zero-order valence-corrected chi connectivity index (χ0v) is 32.9. The predicted molar refractivity (Wildman–Crippen MR) is 218 cm³/mol. The van der Waals surface area contributed by atoms with E-state index < -0.39 is 23.4 Å². The lowest BCUT2D eigenvalue weighted by Crippen LogP contribution is -2.56. The molecule has 2 aliphatic rings. The van der Waals surface area contributed by atoms with Gasteiger partial charge in [0.2, 0.25) is 0 Å². The number of nitrogens with one attached hydrogen (secondary N) is 2. The molecule has 6 heterocycles. The van der Waals surface area contributed by atoms with E-state index in [-0.39, 0.29) is 34.6 Å². The highest BCUT2D eigenvalue weighted by Crippen LogP contribution is 2.25. The first-order valence-electron chi connectivity index (χ1n) is 18.9. The van der Waals surface area contributed by atoms with Crippen molar-refractivity contribution in [2.45, 2.75) is 32.9 Å². The zero-order valence-electron chi connectivity index (χ0n) is 32.1. The van der Waals surface area contributed by atoms with Gasteiger partial charge in [-0.25, -0.2) is 4.98 Å². The van der Waals surface area contributed by atoms with Crippen LogP contribution in [-0.2, 0) is 9.59 Å². The van der Waals surface area contributed by atoms with Crippen LogP contribution in [-0.4, -0.2) is 126 Å². The molecule has 2 N–H and O–H groups in total. The summed E-state index contributed by atoms with van der Waals surface area (Å²) in [5.41, 5.74) is 3.91. The van der Waals surface area contributed by atoms with Gasteiger partial charge < -0.3 is 29.6 Å². The van der Waals surface area contributed by atoms with Gasteiger partial charge in [0.15, 0.2) is 5.15 Å². The average molecular weight is 801 g/mol. The molecular formula is C43H41ClN8O6. The van der Waals surface area contributed by atoms with Gasteiger partial charge in [0, 0.05) is 98.0 Å². The number of fused-ring (bicyclic) bond motifs is 2. The third kappa shape index (κ3) is 7.83. The number of pyridine rings is 2. The molecule has 0 aliphatic carbocycles. The van der Waals surface area contributed by atoms with Crippen LogP contribution in [0.5, 0.6) is 0 Å². The van der Waals surface area contributed by atoms with Crippen molar-refractivity contribution in [3.63, 3.8) is 0 Å². The largest absolute Gasteiger partial charge is 0.359 e. The van der Waals surface area contributed by atoms with Crippen molar-refractivity contribution in [3.05, 3.63) is 131 Å². The quantitative estimate of drug-likeness (QED) is 0.132. The molecule has 15 heteroatoms. The Labute approximate surface area is 338 Å². The number of aromatic nitrogens is 4. The number of aryl methyl sites for hydroxylation is 1. The molecule has 4 aromatic heterocycles. The van der Waals surface area contributed by atoms with Gasteiger partial charge in [0.1, 0.15) is 0 Å². The Kier molecular flexibility index (Phi) is 11.5. The first-order chi connectivity index (χ1) is 27.9. The molecule has 0 radical (unpaired) electrons. The standard InChI is InChI=1S/C22H22N4O3.C21H19ClN4O3/c1-14-13-25(21(28)16-6-4-3-5-7-16)10-11-26(14)22(29)20(27)18-12-24-19-15(2)23-9-8-17(18)19;1-13-12-25(20(28)14-5-3-2-4-6-14)9-10-26(13)21(29)18(27)16-11-24-17-15(16)7-8-23-19(17)22/h3-9,12,14,24H,10-11,13H2,1-2H3;2-8,11,13,24H,9-10,12H2,1H3/t14-;13-/m11/s1. The molecule has 2 aromatic carbocycles. The van der Waals surface area contributed by atoms with Gasteiger partial charge in [-0.15, -0.1) is 0 Å². The molecule has 0 unspecified atom stereocenters. The van der Waals surface area contributed by atoms with Crippen LogP contribution >= 0.6 is 11.6 Å². The highest BCUT2D eigenvalue weighted by molar-refractivity contribution is 6.46. The summed E-state index contributed by atoms with van der Waals surface area (Å²) < 4.78 is 0. The van der Waals surface area contributed by atoms with Crippen molar-refractivity contribution in [2.75, 3.05) is 39.3 Å². The first-order valence-corrected chi connectivity index (χ1v) is 19.3. The van der Waals surface area contributed by atoms with Gasteiger partial charge in [-0.2, -0.15) is 0 Å². The molecule has 0 bridgehead atoms. The van der Waals surface area contributed by atoms with Crippen molar-refractivity contribution in [3.8, 4) is 0 Å². The van der Waals surface area contributed by atoms with Crippen molar-refractivity contribution >= 4 is 68.6 Å². The molecule has 296 valence electrons. The summed E-state index contributed by atoms with van der Waals surface area (Å²) in [7, 11) is 0. The molecule has 0 saturated carbocycles. The number of nitrogens with zero attached hydrogens (tertiary/aromatic N) is 6. The maximum atomic E-state index is 12.9. The predicted octanol–water partition coefficient (Wildman–Crippen LogP) is 5.20. The summed E-state index contributed by atoms with van der Waals surface area (Å²) in [6, 6.07) is 21.0. The van der Waals surface area contributed by atoms with Crippen LogP contribution in [0.4, 0.5) is 0 Å². The van der Waals surface area contributed by atoms with Crippen molar-refractivity contribution in [1.29, 1.82) is 0 Å². The SMILES string of the molecule is C[C@@H]1CN(C(=O)c2ccccc2)CCN1C(=O)C(=O)c1c[nH]c2c(Cl)nccc12.Cc1nccc2c(C(=O)C(=O)N3CCN(C(=O)c4ccccc4)C[C@H]3C)c[nH]c12. The van der Waals surface area contributed by atoms with Gasteiger partial charge in [-0.05, 0) is 57.2 Å². The number of hydrogen-bond acceptors (Lipinski definition) is 8. The summed E-state index contributed by atoms with van der Waals surface area (Å²) in [4.78, 5) is 97.5. The van der Waals surface area contributed by atoms with Gasteiger partial charge in [-0.3, -0.25) is 33.8 Å². The molecule has 0 spiro atoms. The summed E-state index contributed by atoms with van der Waals surface area (Å²) in [5, 5.41) is 1.51. The number of rotatable bonds is 6. The Balaban J connectivity index is 0.000000177. The normalized spacial score (nSPS) is 16.8. The Morgan fingerprint density at radius 2 is 1.03 bits per heavy atom.